The van der Waals surface area contributed by atoms with Crippen molar-refractivity contribution in [3.63, 3.8) is 0 Å². The van der Waals surface area contributed by atoms with Gasteiger partial charge in [0.25, 0.3) is 5.91 Å². The molecule has 1 amide bonds. The van der Waals surface area contributed by atoms with Crippen LogP contribution in [0, 0.1) is 12.8 Å². The molecule has 1 aliphatic rings. The highest BCUT2D eigenvalue weighted by Gasteiger charge is 2.17. The Morgan fingerprint density at radius 3 is 3.05 bits per heavy atom. The molecule has 4 nitrogen and oxygen atoms in total. The van der Waals surface area contributed by atoms with E-state index >= 15 is 0 Å². The number of nitrogens with one attached hydrogen (secondary N) is 1. The molecule has 1 aromatic rings. The number of aryl methyl sites for hydroxylation is 1. The molecule has 1 atom stereocenters. The lowest BCUT2D eigenvalue weighted by molar-refractivity contribution is 0.0957. The van der Waals surface area contributed by atoms with Crippen LogP contribution in [0.5, 0.6) is 0 Å². The number of nitrogens with two attached hydrogens (primary N) is 1. The molecule has 2 heterocycles. The van der Waals surface area contributed by atoms with Crippen LogP contribution < -0.4 is 11.3 Å². The fraction of sp³-hybridized carbons (Fsp3) is 0.643. The Morgan fingerprint density at radius 1 is 1.53 bits per heavy atom. The highest BCUT2D eigenvalue weighted by molar-refractivity contribution is 7.14. The second kappa shape index (κ2) is 6.50. The van der Waals surface area contributed by atoms with Gasteiger partial charge < -0.3 is 0 Å². The number of carbonyl (C=O) groups is 1. The number of hydrogen-bond donors (Lipinski definition) is 2. The fourth-order valence-electron chi connectivity index (χ4n) is 2.58. The normalized spacial score (nSPS) is 21.1. The largest absolute Gasteiger partial charge is 0.299 e. The minimum atomic E-state index is -0.191. The number of carbonyl (C=O) groups excluding carboxylic acids is 1. The van der Waals surface area contributed by atoms with Crippen LogP contribution in [0.25, 0.3) is 0 Å². The quantitative estimate of drug-likeness (QED) is 0.508. The molecule has 1 aromatic heterocycles. The molecule has 1 fully saturated rings. The van der Waals surface area contributed by atoms with Gasteiger partial charge in [0.15, 0.2) is 0 Å². The smallest absolute Gasteiger partial charge is 0.275 e. The Morgan fingerprint density at radius 2 is 2.32 bits per heavy atom. The van der Waals surface area contributed by atoms with E-state index in [1.807, 2.05) is 6.07 Å². The van der Waals surface area contributed by atoms with Crippen LogP contribution in [0.1, 0.15) is 46.3 Å². The van der Waals surface area contributed by atoms with Crippen molar-refractivity contribution >= 4 is 17.2 Å². The minimum absolute atomic E-state index is 0.191. The maximum absolute atomic E-state index is 11.5. The van der Waals surface area contributed by atoms with Crippen molar-refractivity contribution in [1.29, 1.82) is 0 Å². The summed E-state index contributed by atoms with van der Waals surface area (Å²) in [6.07, 6.45) is 3.89. The van der Waals surface area contributed by atoms with Gasteiger partial charge in [0.05, 0.1) is 4.88 Å². The highest BCUT2D eigenvalue weighted by Crippen LogP contribution is 2.24. The number of hydrazine groups is 1. The fourth-order valence-corrected chi connectivity index (χ4v) is 3.52. The van der Waals surface area contributed by atoms with Crippen molar-refractivity contribution in [3.8, 4) is 0 Å². The van der Waals surface area contributed by atoms with Gasteiger partial charge in [0.1, 0.15) is 0 Å². The molecule has 0 aliphatic carbocycles. The van der Waals surface area contributed by atoms with Crippen LogP contribution in [-0.4, -0.2) is 23.9 Å². The van der Waals surface area contributed by atoms with E-state index in [0.29, 0.717) is 4.88 Å². The molecule has 1 saturated heterocycles. The van der Waals surface area contributed by atoms with Gasteiger partial charge in [0.2, 0.25) is 0 Å². The third-order valence-electron chi connectivity index (χ3n) is 3.88. The zero-order valence-corrected chi connectivity index (χ0v) is 12.6. The van der Waals surface area contributed by atoms with E-state index in [1.54, 1.807) is 0 Å². The molecule has 1 unspecified atom stereocenters. The van der Waals surface area contributed by atoms with Gasteiger partial charge >= 0.3 is 0 Å². The molecule has 2 rings (SSSR count). The van der Waals surface area contributed by atoms with E-state index in [4.69, 9.17) is 5.84 Å². The summed E-state index contributed by atoms with van der Waals surface area (Å²) in [5.74, 6) is 5.83. The summed E-state index contributed by atoms with van der Waals surface area (Å²) in [7, 11) is 0. The van der Waals surface area contributed by atoms with Crippen molar-refractivity contribution in [2.45, 2.75) is 39.7 Å². The van der Waals surface area contributed by atoms with E-state index < -0.39 is 0 Å². The predicted molar refractivity (Wildman–Crippen MR) is 79.0 cm³/mol. The van der Waals surface area contributed by atoms with Crippen LogP contribution in [0.2, 0.25) is 0 Å². The second-order valence-corrected chi connectivity index (χ2v) is 6.73. The molecule has 3 N–H and O–H groups in total. The van der Waals surface area contributed by atoms with Crippen molar-refractivity contribution in [2.24, 2.45) is 11.8 Å². The zero-order chi connectivity index (χ0) is 13.8. The summed E-state index contributed by atoms with van der Waals surface area (Å²) in [6.45, 7) is 7.69. The van der Waals surface area contributed by atoms with E-state index in [-0.39, 0.29) is 5.91 Å². The lowest BCUT2D eigenvalue weighted by Crippen LogP contribution is -2.29. The van der Waals surface area contributed by atoms with Gasteiger partial charge in [-0.05, 0) is 56.8 Å². The van der Waals surface area contributed by atoms with Crippen LogP contribution >= 0.6 is 11.3 Å². The summed E-state index contributed by atoms with van der Waals surface area (Å²) >= 11 is 1.52. The average molecular weight is 281 g/mol. The summed E-state index contributed by atoms with van der Waals surface area (Å²) in [5.41, 5.74) is 3.46. The Hall–Kier alpha value is -0.910. The third kappa shape index (κ3) is 3.78. The maximum Gasteiger partial charge on any atom is 0.275 e. The number of thiophene rings is 1. The van der Waals surface area contributed by atoms with Crippen LogP contribution in [0.4, 0.5) is 0 Å². The summed E-state index contributed by atoms with van der Waals surface area (Å²) in [6, 6.07) is 1.98. The van der Waals surface area contributed by atoms with Crippen molar-refractivity contribution in [2.75, 3.05) is 13.1 Å². The third-order valence-corrected chi connectivity index (χ3v) is 4.97. The second-order valence-electron chi connectivity index (χ2n) is 5.48. The molecule has 5 heteroatoms. The molecule has 0 aromatic carbocycles. The summed E-state index contributed by atoms with van der Waals surface area (Å²) in [4.78, 5) is 16.0. The lowest BCUT2D eigenvalue weighted by Gasteiger charge is -2.19. The number of amides is 1. The first-order valence-electron chi connectivity index (χ1n) is 6.92. The van der Waals surface area contributed by atoms with E-state index in [0.717, 1.165) is 25.6 Å². The zero-order valence-electron chi connectivity index (χ0n) is 11.7. The molecule has 0 spiro atoms. The van der Waals surface area contributed by atoms with Crippen molar-refractivity contribution in [1.82, 2.24) is 10.3 Å². The Labute approximate surface area is 118 Å². The molecule has 0 saturated carbocycles. The number of hydrogen-bond acceptors (Lipinski definition) is 4. The van der Waals surface area contributed by atoms with E-state index in [9.17, 15) is 4.79 Å². The minimum Gasteiger partial charge on any atom is -0.299 e. The predicted octanol–water partition coefficient (Wildman–Crippen LogP) is 2.28. The molecule has 0 radical (unpaired) electrons. The van der Waals surface area contributed by atoms with Gasteiger partial charge in [-0.15, -0.1) is 11.3 Å². The molecule has 106 valence electrons. The molecule has 19 heavy (non-hydrogen) atoms. The number of rotatable bonds is 3. The van der Waals surface area contributed by atoms with Gasteiger partial charge in [-0.2, -0.15) is 0 Å². The SMILES string of the molecule is Cc1sc(C(=O)NN)cc1CN1CCCC(C)CC1. The summed E-state index contributed by atoms with van der Waals surface area (Å²) < 4.78 is 0. The highest BCUT2D eigenvalue weighted by atomic mass is 32.1. The Balaban J connectivity index is 2.02. The van der Waals surface area contributed by atoms with Crippen LogP contribution in [0.15, 0.2) is 6.07 Å². The molecular formula is C14H23N3OS. The summed E-state index contributed by atoms with van der Waals surface area (Å²) in [5, 5.41) is 0. The number of likely N-dealkylation sites (tertiary alicyclic amines) is 1. The van der Waals surface area contributed by atoms with E-state index in [1.165, 1.54) is 41.0 Å². The molecular weight excluding hydrogens is 258 g/mol. The topological polar surface area (TPSA) is 58.4 Å². The first-order chi connectivity index (χ1) is 9.10. The average Bonchev–Trinajstić information content (AvgIpc) is 2.62. The maximum atomic E-state index is 11.5. The monoisotopic (exact) mass is 281 g/mol. The molecule has 1 aliphatic heterocycles. The Kier molecular flexibility index (Phi) is 4.96. The Bertz CT molecular complexity index is 444. The van der Waals surface area contributed by atoms with Crippen LogP contribution in [0.3, 0.4) is 0 Å². The van der Waals surface area contributed by atoms with E-state index in [2.05, 4.69) is 24.2 Å². The lowest BCUT2D eigenvalue weighted by atomic mass is 10.0. The first-order valence-corrected chi connectivity index (χ1v) is 7.74. The number of nitrogens with zero attached hydrogens (tertiary/aromatic N) is 1. The van der Waals surface area contributed by atoms with Gasteiger partial charge in [-0.25, -0.2) is 5.84 Å². The van der Waals surface area contributed by atoms with Crippen molar-refractivity contribution < 1.29 is 4.79 Å². The van der Waals surface area contributed by atoms with Gasteiger partial charge in [-0.3, -0.25) is 15.1 Å². The van der Waals surface area contributed by atoms with Crippen LogP contribution in [-0.2, 0) is 6.54 Å². The van der Waals surface area contributed by atoms with Gasteiger partial charge in [0, 0.05) is 11.4 Å². The molecule has 0 bridgehead atoms. The van der Waals surface area contributed by atoms with Gasteiger partial charge in [-0.1, -0.05) is 6.92 Å². The standard InChI is InChI=1S/C14H23N3OS/c1-10-4-3-6-17(7-5-10)9-12-8-13(14(18)16-15)19-11(12)2/h8,10H,3-7,9,15H2,1-2H3,(H,16,18). The number of nitrogen functional groups attached to an aromatic ring is 1. The van der Waals surface area contributed by atoms with Crippen molar-refractivity contribution in [3.05, 3.63) is 21.4 Å². The first kappa shape index (κ1) is 14.5.